The van der Waals surface area contributed by atoms with Crippen molar-refractivity contribution >= 4 is 27.9 Å². The molecule has 0 aromatic carbocycles. The largest absolute Gasteiger partial charge is 0.600 e. The Bertz CT molecular complexity index is 430. The van der Waals surface area contributed by atoms with E-state index in [9.17, 15) is 5.11 Å². The van der Waals surface area contributed by atoms with Gasteiger partial charge in [-0.3, -0.25) is 4.52 Å². The van der Waals surface area contributed by atoms with Crippen molar-refractivity contribution < 1.29 is 23.9 Å². The molecule has 18 heavy (non-hydrogen) atoms. The molecule has 1 fully saturated rings. The Hall–Kier alpha value is -1.35. The maximum atomic E-state index is 11.2. The molecule has 1 aromatic rings. The van der Waals surface area contributed by atoms with Gasteiger partial charge in [-0.05, 0) is 6.61 Å². The van der Waals surface area contributed by atoms with E-state index in [0.29, 0.717) is 30.9 Å². The summed E-state index contributed by atoms with van der Waals surface area (Å²) < 4.78 is 15.4. The molecule has 1 aliphatic heterocycles. The van der Waals surface area contributed by atoms with Gasteiger partial charge in [-0.25, -0.2) is 0 Å². The first-order valence-corrected chi connectivity index (χ1v) is 6.30. The van der Waals surface area contributed by atoms with Crippen LogP contribution in [-0.4, -0.2) is 44.3 Å². The molecule has 0 spiro atoms. The Balaban J connectivity index is 2.15. The Kier molecular flexibility index (Phi) is 4.37. The Morgan fingerprint density at radius 3 is 3.00 bits per heavy atom. The highest BCUT2D eigenvalue weighted by Crippen LogP contribution is 2.20. The third kappa shape index (κ3) is 2.91. The first-order valence-electron chi connectivity index (χ1n) is 5.51. The standard InChI is InChI=1S/C9H13BrN4O4/c1-2-17-9(15)11-8-7(10)14(12-18-8)13-3-5-16-6-4-13/h2-6H2,1H3. The van der Waals surface area contributed by atoms with Crippen molar-refractivity contribution in [3.05, 3.63) is 4.60 Å². The van der Waals surface area contributed by atoms with Crippen LogP contribution < -0.4 is 14.9 Å². The van der Waals surface area contributed by atoms with Gasteiger partial charge in [0.25, 0.3) is 0 Å². The molecule has 0 bridgehead atoms. The number of rotatable bonds is 3. The summed E-state index contributed by atoms with van der Waals surface area (Å²) in [6.45, 7) is 4.59. The van der Waals surface area contributed by atoms with Gasteiger partial charge < -0.3 is 14.6 Å². The molecule has 0 aliphatic carbocycles. The van der Waals surface area contributed by atoms with E-state index in [-0.39, 0.29) is 12.5 Å². The van der Waals surface area contributed by atoms with E-state index in [1.807, 2.05) is 5.01 Å². The predicted molar refractivity (Wildman–Crippen MR) is 61.9 cm³/mol. The minimum atomic E-state index is -0.705. The molecule has 2 rings (SSSR count). The van der Waals surface area contributed by atoms with Crippen LogP contribution in [0.25, 0.3) is 0 Å². The number of hydrogen-bond acceptors (Lipinski definition) is 7. The summed E-state index contributed by atoms with van der Waals surface area (Å²) in [4.78, 5) is 5.16. The number of aromatic nitrogens is 2. The van der Waals surface area contributed by atoms with Gasteiger partial charge in [0, 0.05) is 15.9 Å². The van der Waals surface area contributed by atoms with Crippen molar-refractivity contribution in [3.8, 4) is 0 Å². The molecular formula is C9H13BrN4O4. The van der Waals surface area contributed by atoms with Gasteiger partial charge in [-0.15, -0.1) is 5.01 Å². The molecular weight excluding hydrogens is 308 g/mol. The summed E-state index contributed by atoms with van der Waals surface area (Å²) in [5.41, 5.74) is 0. The fourth-order valence-corrected chi connectivity index (χ4v) is 1.91. The van der Waals surface area contributed by atoms with Gasteiger partial charge in [-0.1, -0.05) is 6.92 Å². The van der Waals surface area contributed by atoms with E-state index in [1.54, 1.807) is 6.92 Å². The van der Waals surface area contributed by atoms with E-state index in [2.05, 4.69) is 26.2 Å². The third-order valence-electron chi connectivity index (χ3n) is 2.27. The van der Waals surface area contributed by atoms with Crippen LogP contribution in [0.1, 0.15) is 6.92 Å². The summed E-state index contributed by atoms with van der Waals surface area (Å²) in [5, 5.41) is 16.9. The van der Waals surface area contributed by atoms with Gasteiger partial charge in [0.2, 0.25) is 5.27 Å². The van der Waals surface area contributed by atoms with E-state index in [0.717, 1.165) is 0 Å². The third-order valence-corrected chi connectivity index (χ3v) is 2.93. The van der Waals surface area contributed by atoms with Gasteiger partial charge in [0.1, 0.15) is 0 Å². The molecule has 2 heterocycles. The average Bonchev–Trinajstić information content (AvgIpc) is 2.72. The van der Waals surface area contributed by atoms with Crippen molar-refractivity contribution in [3.63, 3.8) is 0 Å². The van der Waals surface area contributed by atoms with Crippen LogP contribution in [0.5, 0.6) is 0 Å². The van der Waals surface area contributed by atoms with Crippen molar-refractivity contribution in [2.45, 2.75) is 6.92 Å². The van der Waals surface area contributed by atoms with E-state index in [1.165, 1.54) is 4.79 Å². The molecule has 0 atom stereocenters. The highest BCUT2D eigenvalue weighted by molar-refractivity contribution is 9.10. The molecule has 0 unspecified atom stereocenters. The SMILES string of the molecule is CCOC([O-])=Nc1on[n+](N2CCOCC2)c1Br. The molecule has 8 nitrogen and oxygen atoms in total. The average molecular weight is 321 g/mol. The van der Waals surface area contributed by atoms with Crippen molar-refractivity contribution in [2.75, 3.05) is 37.9 Å². The van der Waals surface area contributed by atoms with Crippen LogP contribution in [0.4, 0.5) is 5.88 Å². The molecule has 0 amide bonds. The number of ether oxygens (including phenoxy) is 2. The minimum Gasteiger partial charge on any atom is -0.600 e. The highest BCUT2D eigenvalue weighted by Gasteiger charge is 2.29. The zero-order valence-corrected chi connectivity index (χ0v) is 11.4. The summed E-state index contributed by atoms with van der Waals surface area (Å²) in [7, 11) is 0. The molecule has 1 aliphatic rings. The number of aliphatic imine (C=N–C) groups is 1. The normalized spacial score (nSPS) is 17.0. The summed E-state index contributed by atoms with van der Waals surface area (Å²) >= 11 is 3.29. The lowest BCUT2D eigenvalue weighted by Crippen LogP contribution is -2.63. The molecule has 9 heteroatoms. The van der Waals surface area contributed by atoms with E-state index in [4.69, 9.17) is 14.0 Å². The summed E-state index contributed by atoms with van der Waals surface area (Å²) in [6, 6.07) is 0. The number of morpholine rings is 1. The Morgan fingerprint density at radius 1 is 1.61 bits per heavy atom. The maximum Gasteiger partial charge on any atom is 0.374 e. The molecule has 100 valence electrons. The van der Waals surface area contributed by atoms with Crippen molar-refractivity contribution in [1.29, 1.82) is 0 Å². The van der Waals surface area contributed by atoms with Crippen LogP contribution >= 0.6 is 15.9 Å². The lowest BCUT2D eigenvalue weighted by molar-refractivity contribution is -0.768. The van der Waals surface area contributed by atoms with Crippen LogP contribution in [0.15, 0.2) is 14.1 Å². The van der Waals surface area contributed by atoms with Crippen LogP contribution in [0, 0.1) is 0 Å². The smallest absolute Gasteiger partial charge is 0.374 e. The quantitative estimate of drug-likeness (QED) is 0.406. The zero-order chi connectivity index (χ0) is 13.0. The van der Waals surface area contributed by atoms with Gasteiger partial charge >= 0.3 is 10.5 Å². The second kappa shape index (κ2) is 6.01. The fraction of sp³-hybridized carbons (Fsp3) is 0.667. The lowest BCUT2D eigenvalue weighted by atomic mass is 10.5. The number of hydrogen-bond donors (Lipinski definition) is 0. The zero-order valence-electron chi connectivity index (χ0n) is 9.84. The van der Waals surface area contributed by atoms with Crippen LogP contribution in [-0.2, 0) is 9.47 Å². The molecule has 1 saturated heterocycles. The summed E-state index contributed by atoms with van der Waals surface area (Å²) in [6.07, 6.45) is -0.705. The highest BCUT2D eigenvalue weighted by atomic mass is 79.9. The first-order chi connectivity index (χ1) is 8.72. The number of nitrogens with zero attached hydrogens (tertiary/aromatic N) is 4. The van der Waals surface area contributed by atoms with Gasteiger partial charge in [0.05, 0.1) is 31.1 Å². The van der Waals surface area contributed by atoms with Crippen molar-refractivity contribution in [2.24, 2.45) is 4.99 Å². The minimum absolute atomic E-state index is 0.0833. The predicted octanol–water partition coefficient (Wildman–Crippen LogP) is -0.923. The second-order valence-corrected chi connectivity index (χ2v) is 4.19. The van der Waals surface area contributed by atoms with Crippen LogP contribution in [0.3, 0.4) is 0 Å². The molecule has 0 saturated carbocycles. The Morgan fingerprint density at radius 2 is 2.33 bits per heavy atom. The van der Waals surface area contributed by atoms with E-state index < -0.39 is 6.08 Å². The summed E-state index contributed by atoms with van der Waals surface area (Å²) in [5.74, 6) is 0.0833. The maximum absolute atomic E-state index is 11.2. The second-order valence-electron chi connectivity index (χ2n) is 3.44. The Labute approximate surface area is 112 Å². The molecule has 0 radical (unpaired) electrons. The number of halogens is 1. The van der Waals surface area contributed by atoms with E-state index >= 15 is 0 Å². The fourth-order valence-electron chi connectivity index (χ4n) is 1.46. The van der Waals surface area contributed by atoms with Gasteiger partial charge in [0.15, 0.2) is 6.08 Å². The first kappa shape index (κ1) is 13.1. The van der Waals surface area contributed by atoms with Crippen LogP contribution in [0.2, 0.25) is 0 Å². The topological polar surface area (TPSA) is 87.0 Å². The molecule has 0 N–H and O–H groups in total. The molecule has 1 aromatic heterocycles. The lowest BCUT2D eigenvalue weighted by Gasteiger charge is -2.18. The van der Waals surface area contributed by atoms with Crippen molar-refractivity contribution in [1.82, 2.24) is 5.27 Å². The van der Waals surface area contributed by atoms with Gasteiger partial charge in [-0.2, -0.15) is 4.99 Å². The monoisotopic (exact) mass is 320 g/mol.